The summed E-state index contributed by atoms with van der Waals surface area (Å²) in [7, 11) is 0. The summed E-state index contributed by atoms with van der Waals surface area (Å²) in [6.45, 7) is 6.98. The van der Waals surface area contributed by atoms with E-state index in [2.05, 4.69) is 13.8 Å². The van der Waals surface area contributed by atoms with Gasteiger partial charge in [-0.15, -0.1) is 11.8 Å². The van der Waals surface area contributed by atoms with Crippen LogP contribution < -0.4 is 0 Å². The molecule has 0 bridgehead atoms. The van der Waals surface area contributed by atoms with E-state index in [1.165, 1.54) is 0 Å². The smallest absolute Gasteiger partial charge is 0.214 e. The molecule has 7 heteroatoms. The lowest BCUT2D eigenvalue weighted by Crippen LogP contribution is -2.18. The summed E-state index contributed by atoms with van der Waals surface area (Å²) >= 11 is 14.2. The van der Waals surface area contributed by atoms with E-state index in [9.17, 15) is 0 Å². The second kappa shape index (κ2) is 9.17. The highest BCUT2D eigenvalue weighted by atomic mass is 32.9. The molecule has 96 valence electrons. The third-order valence-corrected chi connectivity index (χ3v) is 9.99. The van der Waals surface area contributed by atoms with Crippen molar-refractivity contribution in [3.05, 3.63) is 0 Å². The first-order chi connectivity index (χ1) is 7.53. The Kier molecular flexibility index (Phi) is 9.86. The van der Waals surface area contributed by atoms with Crippen molar-refractivity contribution in [1.29, 1.82) is 0 Å². The molecule has 0 aromatic rings. The Morgan fingerprint density at radius 2 is 2.12 bits per heavy atom. The Morgan fingerprint density at radius 1 is 1.50 bits per heavy atom. The zero-order valence-electron chi connectivity index (χ0n) is 10.2. The third-order valence-electron chi connectivity index (χ3n) is 1.88. The Labute approximate surface area is 118 Å². The first kappa shape index (κ1) is 17.2. The van der Waals surface area contributed by atoms with Gasteiger partial charge >= 0.3 is 0 Å². The molecule has 0 amide bonds. The minimum atomic E-state index is -2.02. The third kappa shape index (κ3) is 5.69. The van der Waals surface area contributed by atoms with Crippen LogP contribution in [-0.2, 0) is 16.3 Å². The van der Waals surface area contributed by atoms with Gasteiger partial charge in [-0.2, -0.15) is 0 Å². The molecule has 16 heavy (non-hydrogen) atoms. The molecule has 0 aliphatic carbocycles. The van der Waals surface area contributed by atoms with Crippen LogP contribution in [0.25, 0.3) is 0 Å². The summed E-state index contributed by atoms with van der Waals surface area (Å²) in [6, 6.07) is 0. The van der Waals surface area contributed by atoms with Gasteiger partial charge in [0.2, 0.25) is 5.62 Å². The zero-order valence-corrected chi connectivity index (χ0v) is 14.4. The van der Waals surface area contributed by atoms with Crippen molar-refractivity contribution in [3.63, 3.8) is 0 Å². The number of hydrogen-bond acceptors (Lipinski definition) is 5. The fourth-order valence-electron chi connectivity index (χ4n) is 0.921. The number of hydrogen-bond donors (Lipinski definition) is 0. The van der Waals surface area contributed by atoms with E-state index >= 15 is 0 Å². The Balaban J connectivity index is 4.76. The average Bonchev–Trinajstić information content (AvgIpc) is 2.25. The lowest BCUT2D eigenvalue weighted by molar-refractivity contribution is 0.368. The van der Waals surface area contributed by atoms with Crippen LogP contribution in [0.3, 0.4) is 0 Å². The van der Waals surface area contributed by atoms with Crippen LogP contribution >= 0.6 is 41.0 Å². The van der Waals surface area contributed by atoms with Gasteiger partial charge in [0.05, 0.1) is 18.0 Å². The topological polar surface area (TPSA) is 12.5 Å². The van der Waals surface area contributed by atoms with E-state index in [1.54, 1.807) is 28.6 Å². The largest absolute Gasteiger partial charge is 0.327 e. The number of nitrogens with zero attached hydrogens (tertiary/aromatic N) is 1. The lowest BCUT2D eigenvalue weighted by Gasteiger charge is -2.32. The molecule has 2 atom stereocenters. The van der Waals surface area contributed by atoms with E-state index in [0.717, 1.165) is 12.3 Å². The molecule has 0 fully saturated rings. The van der Waals surface area contributed by atoms with Crippen LogP contribution in [0, 0.1) is 0 Å². The van der Waals surface area contributed by atoms with Crippen LogP contribution in [0.4, 0.5) is 0 Å². The first-order valence-electron chi connectivity index (χ1n) is 5.18. The molecule has 0 spiro atoms. The number of thiocarbonyl (C=S) groups is 1. The molecule has 0 aromatic heterocycles. The zero-order chi connectivity index (χ0) is 12.6. The van der Waals surface area contributed by atoms with E-state index < -0.39 is 5.62 Å². The molecule has 0 heterocycles. The van der Waals surface area contributed by atoms with Gasteiger partial charge in [-0.25, -0.2) is 0 Å². The number of rotatable bonds is 9. The van der Waals surface area contributed by atoms with Crippen LogP contribution in [0.5, 0.6) is 0 Å². The van der Waals surface area contributed by atoms with Crippen molar-refractivity contribution in [2.45, 2.75) is 32.4 Å². The second-order valence-corrected chi connectivity index (χ2v) is 11.2. The van der Waals surface area contributed by atoms with Crippen molar-refractivity contribution in [2.75, 3.05) is 18.7 Å². The molecule has 0 aliphatic rings. The Morgan fingerprint density at radius 3 is 2.50 bits per heavy atom. The Bertz CT molecular complexity index is 252. The standard InChI is InChI=1S/C9H20NOPS4/c1-5-9(3)16-12(14,11-6-2)10(7-13)8-15-4/h7,9H,5-6,8H2,1-4H3. The predicted molar refractivity (Wildman–Crippen MR) is 87.1 cm³/mol. The highest BCUT2D eigenvalue weighted by Gasteiger charge is 2.27. The van der Waals surface area contributed by atoms with E-state index in [4.69, 9.17) is 28.5 Å². The molecule has 0 rings (SSSR count). The van der Waals surface area contributed by atoms with E-state index in [1.807, 2.05) is 17.8 Å². The maximum absolute atomic E-state index is 5.81. The van der Waals surface area contributed by atoms with Crippen molar-refractivity contribution >= 4 is 58.3 Å². The predicted octanol–water partition coefficient (Wildman–Crippen LogP) is 4.36. The van der Waals surface area contributed by atoms with Gasteiger partial charge in [-0.3, -0.25) is 0 Å². The van der Waals surface area contributed by atoms with Gasteiger partial charge in [-0.05, 0) is 31.4 Å². The van der Waals surface area contributed by atoms with Crippen molar-refractivity contribution < 1.29 is 4.52 Å². The maximum atomic E-state index is 5.81. The molecule has 2 unspecified atom stereocenters. The van der Waals surface area contributed by atoms with Crippen LogP contribution in [0.2, 0.25) is 0 Å². The maximum Gasteiger partial charge on any atom is 0.214 e. The van der Waals surface area contributed by atoms with Crippen molar-refractivity contribution in [2.24, 2.45) is 0 Å². The van der Waals surface area contributed by atoms with Crippen LogP contribution in [0.15, 0.2) is 0 Å². The van der Waals surface area contributed by atoms with Gasteiger partial charge in [0.1, 0.15) is 0 Å². The molecule has 0 aromatic carbocycles. The summed E-state index contributed by atoms with van der Waals surface area (Å²) in [5.74, 6) is 0.810. The Hall–Kier alpha value is 1.20. The summed E-state index contributed by atoms with van der Waals surface area (Å²) in [6.07, 6.45) is 3.14. The normalized spacial score (nSPS) is 16.5. The SMILES string of the molecule is CCOP(=S)(SC(C)CC)N(C=S)CSC. The van der Waals surface area contributed by atoms with Crippen molar-refractivity contribution in [3.8, 4) is 0 Å². The molecule has 0 radical (unpaired) electrons. The van der Waals surface area contributed by atoms with Gasteiger partial charge < -0.3 is 9.19 Å². The molecule has 0 saturated heterocycles. The minimum Gasteiger partial charge on any atom is -0.327 e. The molecular formula is C9H20NOPS4. The molecule has 0 saturated carbocycles. The second-order valence-electron chi connectivity index (χ2n) is 3.17. The molecule has 2 nitrogen and oxygen atoms in total. The first-order valence-corrected chi connectivity index (χ1v) is 11.2. The van der Waals surface area contributed by atoms with Crippen LogP contribution in [0.1, 0.15) is 27.2 Å². The van der Waals surface area contributed by atoms with Gasteiger partial charge in [-0.1, -0.05) is 37.4 Å². The lowest BCUT2D eigenvalue weighted by atomic mass is 10.4. The highest BCUT2D eigenvalue weighted by molar-refractivity contribution is 8.69. The summed E-state index contributed by atoms with van der Waals surface area (Å²) in [5.41, 5.74) is -0.361. The number of thioether (sulfide) groups is 1. The summed E-state index contributed by atoms with van der Waals surface area (Å²) in [5, 5.41) is 0.511. The van der Waals surface area contributed by atoms with Gasteiger partial charge in [0, 0.05) is 5.25 Å². The monoisotopic (exact) mass is 317 g/mol. The van der Waals surface area contributed by atoms with Gasteiger partial charge in [0.15, 0.2) is 0 Å². The highest BCUT2D eigenvalue weighted by Crippen LogP contribution is 2.64. The van der Waals surface area contributed by atoms with Crippen LogP contribution in [-0.4, -0.2) is 34.2 Å². The molecule has 0 aliphatic heterocycles. The summed E-state index contributed by atoms with van der Waals surface area (Å²) in [4.78, 5) is 0. The van der Waals surface area contributed by atoms with Gasteiger partial charge in [0.25, 0.3) is 0 Å². The quantitative estimate of drug-likeness (QED) is 0.353. The van der Waals surface area contributed by atoms with Crippen molar-refractivity contribution in [1.82, 2.24) is 4.67 Å². The van der Waals surface area contributed by atoms with E-state index in [-0.39, 0.29) is 0 Å². The average molecular weight is 318 g/mol. The minimum absolute atomic E-state index is 0.511. The summed E-state index contributed by atoms with van der Waals surface area (Å²) < 4.78 is 7.83. The molecular weight excluding hydrogens is 297 g/mol. The fraction of sp³-hybridized carbons (Fsp3) is 0.889. The fourth-order valence-corrected chi connectivity index (χ4v) is 9.92. The van der Waals surface area contributed by atoms with E-state index in [0.29, 0.717) is 11.9 Å². The molecule has 0 N–H and O–H groups in total.